The lowest BCUT2D eigenvalue weighted by Gasteiger charge is -2.30. The number of nitrogens with zero attached hydrogens (tertiary/aromatic N) is 2. The van der Waals surface area contributed by atoms with Crippen LogP contribution in [0.3, 0.4) is 0 Å². The number of phenolic OH excluding ortho intramolecular Hbond substituents is 1. The molecule has 0 bridgehead atoms. The molecule has 5 nitrogen and oxygen atoms in total. The van der Waals surface area contributed by atoms with Gasteiger partial charge < -0.3 is 5.11 Å². The summed E-state index contributed by atoms with van der Waals surface area (Å²) >= 11 is 7.73. The number of rotatable bonds is 2. The summed E-state index contributed by atoms with van der Waals surface area (Å²) in [5.74, 6) is 0.0901. The molecule has 0 unspecified atom stereocenters. The maximum absolute atomic E-state index is 12.9. The predicted molar refractivity (Wildman–Crippen MR) is 108 cm³/mol. The van der Waals surface area contributed by atoms with Crippen LogP contribution in [0.1, 0.15) is 5.56 Å². The minimum Gasteiger partial charge on any atom is -0.507 e. The second-order valence-corrected chi connectivity index (χ2v) is 7.27. The molecule has 134 valence electrons. The van der Waals surface area contributed by atoms with Crippen LogP contribution in [0.15, 0.2) is 81.6 Å². The second-order valence-electron chi connectivity index (χ2n) is 5.75. The van der Waals surface area contributed by atoms with Gasteiger partial charge in [0.1, 0.15) is 5.75 Å². The third-order valence-corrected chi connectivity index (χ3v) is 5.36. The average Bonchev–Trinajstić information content (AvgIpc) is 2.67. The van der Waals surface area contributed by atoms with E-state index in [4.69, 9.17) is 11.6 Å². The number of benzene rings is 3. The number of amides is 2. The Labute approximate surface area is 165 Å². The van der Waals surface area contributed by atoms with Crippen molar-refractivity contribution in [2.45, 2.75) is 9.79 Å². The van der Waals surface area contributed by atoms with E-state index in [1.807, 2.05) is 30.3 Å². The van der Waals surface area contributed by atoms with Gasteiger partial charge in [0.25, 0.3) is 0 Å². The number of fused-ring (bicyclic) bond motifs is 2. The van der Waals surface area contributed by atoms with E-state index in [9.17, 15) is 9.90 Å². The van der Waals surface area contributed by atoms with Crippen molar-refractivity contribution in [2.24, 2.45) is 5.10 Å². The summed E-state index contributed by atoms with van der Waals surface area (Å²) in [6, 6.07) is 19.4. The average molecular weight is 396 g/mol. The molecular formula is C20H14ClN3O2S. The highest BCUT2D eigenvalue weighted by Crippen LogP contribution is 2.48. The number of hydrazone groups is 1. The SMILES string of the molecule is O=C(N/N=C/c1ccccc1O)N1c2ccccc2Sc2ccc(Cl)cc21. The first-order chi connectivity index (χ1) is 13.1. The molecule has 1 heterocycles. The Bertz CT molecular complexity index is 1050. The summed E-state index contributed by atoms with van der Waals surface area (Å²) in [7, 11) is 0. The van der Waals surface area contributed by atoms with Crippen LogP contribution in [0.25, 0.3) is 0 Å². The minimum atomic E-state index is -0.419. The van der Waals surface area contributed by atoms with Gasteiger partial charge in [-0.3, -0.25) is 4.90 Å². The molecule has 0 aromatic heterocycles. The van der Waals surface area contributed by atoms with Gasteiger partial charge in [-0.15, -0.1) is 0 Å². The number of urea groups is 1. The normalized spacial score (nSPS) is 12.6. The van der Waals surface area contributed by atoms with Crippen molar-refractivity contribution in [3.63, 3.8) is 0 Å². The van der Waals surface area contributed by atoms with Gasteiger partial charge in [-0.1, -0.05) is 47.6 Å². The summed E-state index contributed by atoms with van der Waals surface area (Å²) in [5, 5.41) is 14.3. The number of hydrogen-bond acceptors (Lipinski definition) is 4. The van der Waals surface area contributed by atoms with Gasteiger partial charge >= 0.3 is 6.03 Å². The molecule has 27 heavy (non-hydrogen) atoms. The fourth-order valence-corrected chi connectivity index (χ4v) is 3.96. The molecule has 0 spiro atoms. The molecule has 0 fully saturated rings. The van der Waals surface area contributed by atoms with E-state index in [0.29, 0.717) is 16.3 Å². The lowest BCUT2D eigenvalue weighted by atomic mass is 10.2. The molecule has 1 aliphatic rings. The molecule has 0 saturated carbocycles. The number of hydrogen-bond donors (Lipinski definition) is 2. The Balaban J connectivity index is 1.65. The number of nitrogens with one attached hydrogen (secondary N) is 1. The molecule has 7 heteroatoms. The summed E-state index contributed by atoms with van der Waals surface area (Å²) < 4.78 is 0. The number of anilines is 2. The zero-order valence-corrected chi connectivity index (χ0v) is 15.5. The number of aromatic hydroxyl groups is 1. The topological polar surface area (TPSA) is 64.9 Å². The Kier molecular flexibility index (Phi) is 4.75. The van der Waals surface area contributed by atoms with E-state index in [1.165, 1.54) is 6.21 Å². The summed E-state index contributed by atoms with van der Waals surface area (Å²) in [4.78, 5) is 16.3. The number of halogens is 1. The van der Waals surface area contributed by atoms with Crippen LogP contribution >= 0.6 is 23.4 Å². The Morgan fingerprint density at radius 3 is 2.63 bits per heavy atom. The third-order valence-electron chi connectivity index (χ3n) is 3.99. The van der Waals surface area contributed by atoms with E-state index in [0.717, 1.165) is 15.5 Å². The van der Waals surface area contributed by atoms with Crippen molar-refractivity contribution in [3.05, 3.63) is 77.3 Å². The van der Waals surface area contributed by atoms with Gasteiger partial charge in [0.2, 0.25) is 0 Å². The molecule has 3 aromatic carbocycles. The standard InChI is InChI=1S/C20H14ClN3O2S/c21-14-9-10-19-16(11-14)24(15-6-2-4-8-18(15)27-19)20(26)23-22-12-13-5-1-3-7-17(13)25/h1-12,25H,(H,23,26)/b22-12+. The fourth-order valence-electron chi connectivity index (χ4n) is 2.75. The molecule has 1 aliphatic heterocycles. The Morgan fingerprint density at radius 2 is 1.78 bits per heavy atom. The van der Waals surface area contributed by atoms with Crippen LogP contribution in [-0.2, 0) is 0 Å². The molecular weight excluding hydrogens is 382 g/mol. The van der Waals surface area contributed by atoms with Gasteiger partial charge in [-0.2, -0.15) is 5.10 Å². The van der Waals surface area contributed by atoms with Crippen molar-refractivity contribution in [1.29, 1.82) is 0 Å². The maximum atomic E-state index is 12.9. The monoisotopic (exact) mass is 395 g/mol. The maximum Gasteiger partial charge on any atom is 0.346 e. The van der Waals surface area contributed by atoms with Gasteiger partial charge in [0.05, 0.1) is 17.6 Å². The van der Waals surface area contributed by atoms with Crippen molar-refractivity contribution < 1.29 is 9.90 Å². The summed E-state index contributed by atoms with van der Waals surface area (Å²) in [6.07, 6.45) is 1.40. The Morgan fingerprint density at radius 1 is 1.04 bits per heavy atom. The lowest BCUT2D eigenvalue weighted by Crippen LogP contribution is -2.35. The number of phenols is 1. The van der Waals surface area contributed by atoms with Crippen molar-refractivity contribution >= 4 is 47.0 Å². The molecule has 0 saturated heterocycles. The van der Waals surface area contributed by atoms with Gasteiger partial charge in [-0.05, 0) is 42.5 Å². The number of carbonyl (C=O) groups is 1. The molecule has 3 aromatic rings. The molecule has 0 aliphatic carbocycles. The lowest BCUT2D eigenvalue weighted by molar-refractivity contribution is 0.249. The first-order valence-electron chi connectivity index (χ1n) is 8.11. The van der Waals surface area contributed by atoms with Crippen LogP contribution in [0.2, 0.25) is 5.02 Å². The Hall–Kier alpha value is -2.96. The van der Waals surface area contributed by atoms with E-state index in [1.54, 1.807) is 53.1 Å². The quantitative estimate of drug-likeness (QED) is 0.451. The predicted octanol–water partition coefficient (Wildman–Crippen LogP) is 5.39. The van der Waals surface area contributed by atoms with Gasteiger partial charge in [-0.25, -0.2) is 10.2 Å². The van der Waals surface area contributed by atoms with Gasteiger partial charge in [0, 0.05) is 20.4 Å². The van der Waals surface area contributed by atoms with Crippen LogP contribution < -0.4 is 10.3 Å². The fraction of sp³-hybridized carbons (Fsp3) is 0. The smallest absolute Gasteiger partial charge is 0.346 e. The van der Waals surface area contributed by atoms with E-state index in [2.05, 4.69) is 10.5 Å². The highest BCUT2D eigenvalue weighted by Gasteiger charge is 2.28. The largest absolute Gasteiger partial charge is 0.507 e. The van der Waals surface area contributed by atoms with Crippen molar-refractivity contribution in [3.8, 4) is 5.75 Å². The minimum absolute atomic E-state index is 0.0901. The van der Waals surface area contributed by atoms with Crippen LogP contribution in [0.5, 0.6) is 5.75 Å². The van der Waals surface area contributed by atoms with Crippen LogP contribution in [-0.4, -0.2) is 17.4 Å². The summed E-state index contributed by atoms with van der Waals surface area (Å²) in [6.45, 7) is 0. The molecule has 0 atom stereocenters. The van der Waals surface area contributed by atoms with Crippen LogP contribution in [0.4, 0.5) is 16.2 Å². The zero-order valence-electron chi connectivity index (χ0n) is 14.0. The zero-order chi connectivity index (χ0) is 18.8. The third kappa shape index (κ3) is 3.49. The number of para-hydroxylation sites is 2. The first kappa shape index (κ1) is 17.5. The molecule has 0 radical (unpaired) electrons. The van der Waals surface area contributed by atoms with Crippen molar-refractivity contribution in [2.75, 3.05) is 4.90 Å². The summed E-state index contributed by atoms with van der Waals surface area (Å²) in [5.41, 5.74) is 4.49. The van der Waals surface area contributed by atoms with Crippen LogP contribution in [0, 0.1) is 0 Å². The highest BCUT2D eigenvalue weighted by molar-refractivity contribution is 7.99. The molecule has 4 rings (SSSR count). The highest BCUT2D eigenvalue weighted by atomic mass is 35.5. The van der Waals surface area contributed by atoms with Crippen molar-refractivity contribution in [1.82, 2.24) is 5.43 Å². The molecule has 2 N–H and O–H groups in total. The molecule has 2 amide bonds. The first-order valence-corrected chi connectivity index (χ1v) is 9.30. The van der Waals surface area contributed by atoms with E-state index >= 15 is 0 Å². The van der Waals surface area contributed by atoms with Gasteiger partial charge in [0.15, 0.2) is 0 Å². The second kappa shape index (κ2) is 7.34. The van der Waals surface area contributed by atoms with E-state index in [-0.39, 0.29) is 5.75 Å². The van der Waals surface area contributed by atoms with E-state index < -0.39 is 6.03 Å². The number of carbonyl (C=O) groups excluding carboxylic acids is 1.